The van der Waals surface area contributed by atoms with Gasteiger partial charge in [0.2, 0.25) is 0 Å². The first kappa shape index (κ1) is 16.4. The zero-order chi connectivity index (χ0) is 15.1. The number of rotatable bonds is 8. The largest absolute Gasteiger partial charge is 0.385 e. The van der Waals surface area contributed by atoms with E-state index >= 15 is 0 Å². The summed E-state index contributed by atoms with van der Waals surface area (Å²) in [5.41, 5.74) is 2.11. The van der Waals surface area contributed by atoms with Crippen LogP contribution in [0.25, 0.3) is 0 Å². The van der Waals surface area contributed by atoms with Crippen molar-refractivity contribution in [2.45, 2.75) is 33.7 Å². The number of nitro benzene ring substituents is 1. The number of anilines is 1. The van der Waals surface area contributed by atoms with Crippen molar-refractivity contribution in [2.75, 3.05) is 25.5 Å². The Kier molecular flexibility index (Phi) is 6.45. The molecule has 0 spiro atoms. The lowest BCUT2D eigenvalue weighted by Gasteiger charge is -2.22. The summed E-state index contributed by atoms with van der Waals surface area (Å²) in [4.78, 5) is 12.8. The first-order chi connectivity index (χ1) is 9.47. The number of benzene rings is 1. The van der Waals surface area contributed by atoms with Gasteiger partial charge in [0.25, 0.3) is 5.69 Å². The molecule has 0 fully saturated rings. The molecule has 112 valence electrons. The van der Waals surface area contributed by atoms with Crippen LogP contribution in [0, 0.1) is 16.0 Å². The number of nitrogens with one attached hydrogen (secondary N) is 1. The highest BCUT2D eigenvalue weighted by molar-refractivity contribution is 5.56. The topological polar surface area (TPSA) is 58.4 Å². The first-order valence-electron chi connectivity index (χ1n) is 7.17. The predicted octanol–water partition coefficient (Wildman–Crippen LogP) is 3.50. The molecule has 0 bridgehead atoms. The molecule has 0 saturated heterocycles. The molecule has 5 heteroatoms. The van der Waals surface area contributed by atoms with Crippen LogP contribution in [0.4, 0.5) is 11.4 Å². The third-order valence-electron chi connectivity index (χ3n) is 3.43. The Balaban J connectivity index is 2.88. The molecule has 1 aromatic carbocycles. The molecule has 0 aliphatic rings. The van der Waals surface area contributed by atoms with E-state index in [2.05, 4.69) is 31.1 Å². The van der Waals surface area contributed by atoms with Crippen LogP contribution in [-0.2, 0) is 6.54 Å². The van der Waals surface area contributed by atoms with Gasteiger partial charge in [-0.2, -0.15) is 0 Å². The Bertz CT molecular complexity index is 449. The Morgan fingerprint density at radius 1 is 1.40 bits per heavy atom. The molecule has 1 aromatic rings. The van der Waals surface area contributed by atoms with E-state index in [0.29, 0.717) is 12.5 Å². The second-order valence-corrected chi connectivity index (χ2v) is 5.34. The summed E-state index contributed by atoms with van der Waals surface area (Å²) in [6.07, 6.45) is 1.14. The third-order valence-corrected chi connectivity index (χ3v) is 3.43. The molecular weight excluding hydrogens is 254 g/mol. The van der Waals surface area contributed by atoms with Gasteiger partial charge in [-0.25, -0.2) is 0 Å². The molecule has 0 aliphatic carbocycles. The molecule has 5 nitrogen and oxygen atoms in total. The van der Waals surface area contributed by atoms with Crippen molar-refractivity contribution in [3.05, 3.63) is 33.9 Å². The summed E-state index contributed by atoms with van der Waals surface area (Å²) in [5.74, 6) is 0.626. The van der Waals surface area contributed by atoms with Crippen molar-refractivity contribution < 1.29 is 4.92 Å². The van der Waals surface area contributed by atoms with E-state index in [1.54, 1.807) is 18.2 Å². The molecule has 0 aromatic heterocycles. The molecule has 0 amide bonds. The third kappa shape index (κ3) is 4.81. The van der Waals surface area contributed by atoms with Gasteiger partial charge in [-0.05, 0) is 31.5 Å². The molecule has 0 aliphatic heterocycles. The van der Waals surface area contributed by atoms with Crippen molar-refractivity contribution in [3.8, 4) is 0 Å². The summed E-state index contributed by atoms with van der Waals surface area (Å²) in [6, 6.07) is 5.02. The number of nitrogens with zero attached hydrogens (tertiary/aromatic N) is 2. The Labute approximate surface area is 121 Å². The van der Waals surface area contributed by atoms with Gasteiger partial charge in [0, 0.05) is 37.5 Å². The van der Waals surface area contributed by atoms with Gasteiger partial charge in [-0.15, -0.1) is 0 Å². The molecule has 1 N–H and O–H groups in total. The van der Waals surface area contributed by atoms with Crippen LogP contribution in [0.2, 0.25) is 0 Å². The summed E-state index contributed by atoms with van der Waals surface area (Å²) >= 11 is 0. The Hall–Kier alpha value is -1.62. The molecule has 1 rings (SSSR count). The minimum atomic E-state index is -0.339. The van der Waals surface area contributed by atoms with Gasteiger partial charge < -0.3 is 10.2 Å². The number of hydrogen-bond acceptors (Lipinski definition) is 4. The SMILES string of the molecule is CCNc1ccc([N+](=O)[O-])cc1CN(C)CC(C)CC. The lowest BCUT2D eigenvalue weighted by Crippen LogP contribution is -2.24. The van der Waals surface area contributed by atoms with Crippen LogP contribution in [0.1, 0.15) is 32.8 Å². The minimum absolute atomic E-state index is 0.151. The summed E-state index contributed by atoms with van der Waals surface area (Å²) in [5, 5.41) is 14.2. The van der Waals surface area contributed by atoms with E-state index in [0.717, 1.165) is 30.8 Å². The molecule has 1 unspecified atom stereocenters. The zero-order valence-electron chi connectivity index (χ0n) is 12.8. The van der Waals surface area contributed by atoms with E-state index in [-0.39, 0.29) is 10.6 Å². The zero-order valence-corrected chi connectivity index (χ0v) is 12.8. The van der Waals surface area contributed by atoms with Crippen LogP contribution in [0.5, 0.6) is 0 Å². The average Bonchev–Trinajstić information content (AvgIpc) is 2.40. The van der Waals surface area contributed by atoms with Crippen molar-refractivity contribution >= 4 is 11.4 Å². The maximum Gasteiger partial charge on any atom is 0.269 e. The number of nitro groups is 1. The average molecular weight is 279 g/mol. The molecule has 0 saturated carbocycles. The van der Waals surface area contributed by atoms with E-state index in [9.17, 15) is 10.1 Å². The monoisotopic (exact) mass is 279 g/mol. The van der Waals surface area contributed by atoms with Crippen molar-refractivity contribution in [1.29, 1.82) is 0 Å². The van der Waals surface area contributed by atoms with Crippen LogP contribution < -0.4 is 5.32 Å². The van der Waals surface area contributed by atoms with Gasteiger partial charge in [0.1, 0.15) is 0 Å². The van der Waals surface area contributed by atoms with Crippen LogP contribution in [0.3, 0.4) is 0 Å². The van der Waals surface area contributed by atoms with E-state index in [4.69, 9.17) is 0 Å². The van der Waals surface area contributed by atoms with Gasteiger partial charge >= 0.3 is 0 Å². The van der Waals surface area contributed by atoms with E-state index < -0.39 is 0 Å². The summed E-state index contributed by atoms with van der Waals surface area (Å²) in [6.45, 7) is 8.93. The fourth-order valence-corrected chi connectivity index (χ4v) is 2.20. The smallest absolute Gasteiger partial charge is 0.269 e. The van der Waals surface area contributed by atoms with Gasteiger partial charge in [-0.1, -0.05) is 20.3 Å². The molecule has 0 radical (unpaired) electrons. The number of hydrogen-bond donors (Lipinski definition) is 1. The molecule has 20 heavy (non-hydrogen) atoms. The molecular formula is C15H25N3O2. The van der Waals surface area contributed by atoms with Crippen molar-refractivity contribution in [2.24, 2.45) is 5.92 Å². The van der Waals surface area contributed by atoms with Crippen LogP contribution >= 0.6 is 0 Å². The van der Waals surface area contributed by atoms with Crippen molar-refractivity contribution in [1.82, 2.24) is 4.90 Å². The maximum absolute atomic E-state index is 10.9. The fourth-order valence-electron chi connectivity index (χ4n) is 2.20. The molecule has 1 atom stereocenters. The molecule has 0 heterocycles. The van der Waals surface area contributed by atoms with Crippen LogP contribution in [0.15, 0.2) is 18.2 Å². The fraction of sp³-hybridized carbons (Fsp3) is 0.600. The van der Waals surface area contributed by atoms with Crippen molar-refractivity contribution in [3.63, 3.8) is 0 Å². The Morgan fingerprint density at radius 2 is 2.10 bits per heavy atom. The first-order valence-corrected chi connectivity index (χ1v) is 7.17. The highest BCUT2D eigenvalue weighted by Crippen LogP contribution is 2.23. The maximum atomic E-state index is 10.9. The van der Waals surface area contributed by atoms with Gasteiger partial charge in [0.15, 0.2) is 0 Å². The van der Waals surface area contributed by atoms with Crippen LogP contribution in [-0.4, -0.2) is 30.0 Å². The standard InChI is InChI=1S/C15H25N3O2/c1-5-12(3)10-17(4)11-13-9-14(18(19)20)7-8-15(13)16-6-2/h7-9,12,16H,5-6,10-11H2,1-4H3. The lowest BCUT2D eigenvalue weighted by atomic mass is 10.1. The second kappa shape index (κ2) is 7.85. The summed E-state index contributed by atoms with van der Waals surface area (Å²) < 4.78 is 0. The lowest BCUT2D eigenvalue weighted by molar-refractivity contribution is -0.384. The quantitative estimate of drug-likeness (QED) is 0.584. The summed E-state index contributed by atoms with van der Waals surface area (Å²) in [7, 11) is 2.06. The Morgan fingerprint density at radius 3 is 2.65 bits per heavy atom. The van der Waals surface area contributed by atoms with E-state index in [1.807, 2.05) is 6.92 Å². The number of non-ortho nitro benzene ring substituents is 1. The normalized spacial score (nSPS) is 12.4. The highest BCUT2D eigenvalue weighted by Gasteiger charge is 2.13. The second-order valence-electron chi connectivity index (χ2n) is 5.34. The van der Waals surface area contributed by atoms with E-state index in [1.165, 1.54) is 0 Å². The van der Waals surface area contributed by atoms with Gasteiger partial charge in [0.05, 0.1) is 4.92 Å². The van der Waals surface area contributed by atoms with Gasteiger partial charge in [-0.3, -0.25) is 10.1 Å². The highest BCUT2D eigenvalue weighted by atomic mass is 16.6. The predicted molar refractivity (Wildman–Crippen MR) is 83.0 cm³/mol. The minimum Gasteiger partial charge on any atom is -0.385 e.